The lowest BCUT2D eigenvalue weighted by Gasteiger charge is -2.30. The molecule has 0 unspecified atom stereocenters. The van der Waals surface area contributed by atoms with E-state index in [9.17, 15) is 4.79 Å². The Kier molecular flexibility index (Phi) is 6.49. The third kappa shape index (κ3) is 5.92. The highest BCUT2D eigenvalue weighted by Crippen LogP contribution is 2.17. The zero-order valence-electron chi connectivity index (χ0n) is 12.9. The predicted octanol–water partition coefficient (Wildman–Crippen LogP) is 3.00. The van der Waals surface area contributed by atoms with E-state index in [0.717, 1.165) is 0 Å². The van der Waals surface area contributed by atoms with Gasteiger partial charge in [-0.2, -0.15) is 0 Å². The van der Waals surface area contributed by atoms with Gasteiger partial charge in [-0.15, -0.1) is 11.3 Å². The van der Waals surface area contributed by atoms with E-state index in [2.05, 4.69) is 39.1 Å². The molecule has 0 aliphatic heterocycles. The second kappa shape index (κ2) is 7.64. The number of aliphatic hydroxyl groups is 1. The van der Waals surface area contributed by atoms with Gasteiger partial charge < -0.3 is 15.3 Å². The summed E-state index contributed by atoms with van der Waals surface area (Å²) in [6.07, 6.45) is 0.613. The molecule has 0 aromatic carbocycles. The fourth-order valence-electron chi connectivity index (χ4n) is 1.94. The van der Waals surface area contributed by atoms with Gasteiger partial charge in [0.05, 0.1) is 6.54 Å². The van der Waals surface area contributed by atoms with E-state index >= 15 is 0 Å². The number of thiophene rings is 1. The number of rotatable bonds is 6. The van der Waals surface area contributed by atoms with Crippen molar-refractivity contribution < 1.29 is 9.90 Å². The molecule has 0 aliphatic rings. The van der Waals surface area contributed by atoms with E-state index in [1.54, 1.807) is 16.2 Å². The lowest BCUT2D eigenvalue weighted by atomic mass is 9.96. The summed E-state index contributed by atoms with van der Waals surface area (Å²) < 4.78 is 0. The van der Waals surface area contributed by atoms with Crippen molar-refractivity contribution in [2.45, 2.75) is 40.7 Å². The first-order valence-corrected chi connectivity index (χ1v) is 7.88. The zero-order valence-corrected chi connectivity index (χ0v) is 13.7. The van der Waals surface area contributed by atoms with Crippen LogP contribution in [0.1, 0.15) is 37.6 Å². The van der Waals surface area contributed by atoms with E-state index in [1.807, 2.05) is 5.38 Å². The smallest absolute Gasteiger partial charge is 0.317 e. The van der Waals surface area contributed by atoms with Crippen LogP contribution in [0.5, 0.6) is 0 Å². The van der Waals surface area contributed by atoms with E-state index in [-0.39, 0.29) is 18.1 Å². The van der Waals surface area contributed by atoms with Crippen molar-refractivity contribution in [1.29, 1.82) is 0 Å². The SMILES string of the molecule is Cc1ccsc1CNC(=O)N(CCCO)CC(C)(C)C. The fourth-order valence-corrected chi connectivity index (χ4v) is 2.79. The summed E-state index contributed by atoms with van der Waals surface area (Å²) in [6.45, 7) is 10.3. The van der Waals surface area contributed by atoms with Crippen LogP contribution in [0.15, 0.2) is 11.4 Å². The minimum absolute atomic E-state index is 0.0473. The summed E-state index contributed by atoms with van der Waals surface area (Å²) in [5, 5.41) is 14.0. The van der Waals surface area contributed by atoms with Crippen LogP contribution < -0.4 is 5.32 Å². The van der Waals surface area contributed by atoms with E-state index in [1.165, 1.54) is 10.4 Å². The first-order chi connectivity index (χ1) is 9.33. The molecule has 5 heteroatoms. The maximum Gasteiger partial charge on any atom is 0.317 e. The molecule has 20 heavy (non-hydrogen) atoms. The van der Waals surface area contributed by atoms with Crippen molar-refractivity contribution in [2.75, 3.05) is 19.7 Å². The Morgan fingerprint density at radius 3 is 2.65 bits per heavy atom. The standard InChI is InChI=1S/C15H26N2O2S/c1-12-6-9-20-13(12)10-16-14(19)17(7-5-8-18)11-15(2,3)4/h6,9,18H,5,7-8,10-11H2,1-4H3,(H,16,19). The van der Waals surface area contributed by atoms with Gasteiger partial charge in [0.25, 0.3) is 0 Å². The van der Waals surface area contributed by atoms with Gasteiger partial charge in [-0.05, 0) is 35.8 Å². The predicted molar refractivity (Wildman–Crippen MR) is 84.0 cm³/mol. The summed E-state index contributed by atoms with van der Waals surface area (Å²) in [6, 6.07) is 2.01. The van der Waals surface area contributed by atoms with Crippen LogP contribution in [0.4, 0.5) is 4.79 Å². The molecule has 0 atom stereocenters. The Hall–Kier alpha value is -1.07. The number of urea groups is 1. The summed E-state index contributed by atoms with van der Waals surface area (Å²) in [5.74, 6) is 0. The van der Waals surface area contributed by atoms with Gasteiger partial charge in [0, 0.05) is 24.6 Å². The zero-order chi connectivity index (χ0) is 15.2. The summed E-state index contributed by atoms with van der Waals surface area (Å²) in [4.78, 5) is 15.3. The molecule has 4 nitrogen and oxygen atoms in total. The van der Waals surface area contributed by atoms with Gasteiger partial charge in [-0.25, -0.2) is 4.79 Å². The molecular formula is C15H26N2O2S. The third-order valence-corrected chi connectivity index (χ3v) is 3.93. The quantitative estimate of drug-likeness (QED) is 0.848. The van der Waals surface area contributed by atoms with Crippen molar-refractivity contribution in [3.8, 4) is 0 Å². The molecule has 0 saturated heterocycles. The number of nitrogens with one attached hydrogen (secondary N) is 1. The van der Waals surface area contributed by atoms with Gasteiger partial charge in [-0.1, -0.05) is 20.8 Å². The molecule has 2 N–H and O–H groups in total. The molecule has 1 heterocycles. The molecule has 0 radical (unpaired) electrons. The fraction of sp³-hybridized carbons (Fsp3) is 0.667. The van der Waals surface area contributed by atoms with Crippen LogP contribution in [-0.4, -0.2) is 35.7 Å². The lowest BCUT2D eigenvalue weighted by Crippen LogP contribution is -2.44. The van der Waals surface area contributed by atoms with Crippen LogP contribution in [0.25, 0.3) is 0 Å². The third-order valence-electron chi connectivity index (χ3n) is 2.91. The molecule has 1 aromatic rings. The van der Waals surface area contributed by atoms with Crippen LogP contribution in [0.2, 0.25) is 0 Å². The lowest BCUT2D eigenvalue weighted by molar-refractivity contribution is 0.164. The van der Waals surface area contributed by atoms with Gasteiger partial charge >= 0.3 is 6.03 Å². The van der Waals surface area contributed by atoms with Gasteiger partial charge in [0.1, 0.15) is 0 Å². The Balaban J connectivity index is 2.56. The molecular weight excluding hydrogens is 272 g/mol. The second-order valence-corrected chi connectivity index (χ2v) is 7.25. The minimum atomic E-state index is -0.0545. The Bertz CT molecular complexity index is 424. The Morgan fingerprint density at radius 1 is 1.45 bits per heavy atom. The Labute approximate surface area is 125 Å². The molecule has 2 amide bonds. The van der Waals surface area contributed by atoms with Crippen molar-refractivity contribution in [1.82, 2.24) is 10.2 Å². The highest BCUT2D eigenvalue weighted by atomic mass is 32.1. The Morgan fingerprint density at radius 2 is 2.15 bits per heavy atom. The van der Waals surface area contributed by atoms with E-state index in [4.69, 9.17) is 5.11 Å². The summed E-state index contributed by atoms with van der Waals surface area (Å²) in [7, 11) is 0. The van der Waals surface area contributed by atoms with Crippen molar-refractivity contribution in [3.63, 3.8) is 0 Å². The van der Waals surface area contributed by atoms with Crippen molar-refractivity contribution in [2.24, 2.45) is 5.41 Å². The molecule has 0 fully saturated rings. The highest BCUT2D eigenvalue weighted by Gasteiger charge is 2.20. The van der Waals surface area contributed by atoms with E-state index in [0.29, 0.717) is 26.1 Å². The number of aryl methyl sites for hydroxylation is 1. The van der Waals surface area contributed by atoms with Crippen LogP contribution in [0, 0.1) is 12.3 Å². The minimum Gasteiger partial charge on any atom is -0.396 e. The van der Waals surface area contributed by atoms with Crippen molar-refractivity contribution >= 4 is 17.4 Å². The number of aliphatic hydroxyl groups excluding tert-OH is 1. The monoisotopic (exact) mass is 298 g/mol. The molecule has 0 bridgehead atoms. The molecule has 1 aromatic heterocycles. The average molecular weight is 298 g/mol. The summed E-state index contributed by atoms with van der Waals surface area (Å²) in [5.41, 5.74) is 1.26. The molecule has 114 valence electrons. The number of amides is 2. The first kappa shape index (κ1) is 17.0. The number of hydrogen-bond donors (Lipinski definition) is 2. The van der Waals surface area contributed by atoms with Crippen molar-refractivity contribution in [3.05, 3.63) is 21.9 Å². The van der Waals surface area contributed by atoms with E-state index < -0.39 is 0 Å². The molecule has 0 spiro atoms. The van der Waals surface area contributed by atoms with Gasteiger partial charge in [0.2, 0.25) is 0 Å². The largest absolute Gasteiger partial charge is 0.396 e. The van der Waals surface area contributed by atoms with Crippen LogP contribution in [-0.2, 0) is 6.54 Å². The normalized spacial score (nSPS) is 11.4. The number of nitrogens with zero attached hydrogens (tertiary/aromatic N) is 1. The summed E-state index contributed by atoms with van der Waals surface area (Å²) >= 11 is 1.66. The van der Waals surface area contributed by atoms with Gasteiger partial charge in [-0.3, -0.25) is 0 Å². The maximum absolute atomic E-state index is 12.3. The topological polar surface area (TPSA) is 52.6 Å². The first-order valence-electron chi connectivity index (χ1n) is 7.00. The molecule has 0 saturated carbocycles. The average Bonchev–Trinajstić information content (AvgIpc) is 2.75. The second-order valence-electron chi connectivity index (χ2n) is 6.24. The molecule has 1 rings (SSSR count). The molecule has 0 aliphatic carbocycles. The number of carbonyl (C=O) groups is 1. The van der Waals surface area contributed by atoms with Crippen LogP contribution in [0.3, 0.4) is 0 Å². The number of hydrogen-bond acceptors (Lipinski definition) is 3. The van der Waals surface area contributed by atoms with Gasteiger partial charge in [0.15, 0.2) is 0 Å². The number of carbonyl (C=O) groups excluding carboxylic acids is 1. The highest BCUT2D eigenvalue weighted by molar-refractivity contribution is 7.10. The van der Waals surface area contributed by atoms with Crippen LogP contribution >= 0.6 is 11.3 Å². The maximum atomic E-state index is 12.3.